The SMILES string of the molecule is CCOC(=O)CN(c1nncs1)C1CC1. The highest BCUT2D eigenvalue weighted by atomic mass is 32.1. The highest BCUT2D eigenvalue weighted by molar-refractivity contribution is 7.13. The van der Waals surface area contributed by atoms with Gasteiger partial charge in [0, 0.05) is 6.04 Å². The molecule has 82 valence electrons. The molecule has 1 aromatic heterocycles. The van der Waals surface area contributed by atoms with Crippen molar-refractivity contribution in [1.29, 1.82) is 0 Å². The number of carbonyl (C=O) groups is 1. The third-order valence-corrected chi connectivity index (χ3v) is 2.91. The molecule has 15 heavy (non-hydrogen) atoms. The maximum Gasteiger partial charge on any atom is 0.325 e. The Hall–Kier alpha value is -1.17. The van der Waals surface area contributed by atoms with Crippen molar-refractivity contribution < 1.29 is 9.53 Å². The number of rotatable bonds is 5. The van der Waals surface area contributed by atoms with E-state index in [4.69, 9.17) is 4.74 Å². The Bertz CT molecular complexity index is 324. The Morgan fingerprint density at radius 3 is 3.07 bits per heavy atom. The third-order valence-electron chi connectivity index (χ3n) is 2.19. The Morgan fingerprint density at radius 1 is 1.73 bits per heavy atom. The number of hydrogen-bond acceptors (Lipinski definition) is 6. The van der Waals surface area contributed by atoms with Gasteiger partial charge in [0.05, 0.1) is 6.61 Å². The van der Waals surface area contributed by atoms with E-state index in [0.717, 1.165) is 18.0 Å². The molecule has 1 saturated carbocycles. The summed E-state index contributed by atoms with van der Waals surface area (Å²) < 4.78 is 4.92. The van der Waals surface area contributed by atoms with Gasteiger partial charge < -0.3 is 9.64 Å². The Balaban J connectivity index is 1.98. The standard InChI is InChI=1S/C9H13N3O2S/c1-2-14-8(13)5-12(7-3-4-7)9-11-10-6-15-9/h6-7H,2-5H2,1H3. The molecule has 1 aliphatic carbocycles. The molecule has 6 heteroatoms. The van der Waals surface area contributed by atoms with E-state index in [2.05, 4.69) is 10.2 Å². The zero-order chi connectivity index (χ0) is 10.7. The summed E-state index contributed by atoms with van der Waals surface area (Å²) in [7, 11) is 0. The lowest BCUT2D eigenvalue weighted by atomic mass is 10.5. The third kappa shape index (κ3) is 2.65. The second kappa shape index (κ2) is 4.57. The summed E-state index contributed by atoms with van der Waals surface area (Å²) in [6.45, 7) is 2.52. The van der Waals surface area contributed by atoms with Crippen LogP contribution in [0.5, 0.6) is 0 Å². The minimum atomic E-state index is -0.195. The largest absolute Gasteiger partial charge is 0.465 e. The minimum Gasteiger partial charge on any atom is -0.465 e. The van der Waals surface area contributed by atoms with Gasteiger partial charge in [0.1, 0.15) is 12.1 Å². The van der Waals surface area contributed by atoms with Gasteiger partial charge in [0.15, 0.2) is 0 Å². The van der Waals surface area contributed by atoms with Crippen molar-refractivity contribution >= 4 is 22.4 Å². The zero-order valence-electron chi connectivity index (χ0n) is 8.55. The summed E-state index contributed by atoms with van der Waals surface area (Å²) in [5.74, 6) is -0.195. The molecule has 1 fully saturated rings. The summed E-state index contributed by atoms with van der Waals surface area (Å²) in [5.41, 5.74) is 1.68. The van der Waals surface area contributed by atoms with Crippen LogP contribution >= 0.6 is 11.3 Å². The van der Waals surface area contributed by atoms with Gasteiger partial charge >= 0.3 is 5.97 Å². The van der Waals surface area contributed by atoms with Gasteiger partial charge in [0.25, 0.3) is 0 Å². The van der Waals surface area contributed by atoms with Gasteiger partial charge in [-0.1, -0.05) is 11.3 Å². The Labute approximate surface area is 92.1 Å². The van der Waals surface area contributed by atoms with E-state index in [0.29, 0.717) is 12.6 Å². The van der Waals surface area contributed by atoms with E-state index in [1.54, 1.807) is 5.51 Å². The van der Waals surface area contributed by atoms with E-state index in [-0.39, 0.29) is 12.5 Å². The number of esters is 1. The van der Waals surface area contributed by atoms with E-state index in [1.165, 1.54) is 11.3 Å². The van der Waals surface area contributed by atoms with E-state index < -0.39 is 0 Å². The molecule has 0 radical (unpaired) electrons. The quantitative estimate of drug-likeness (QED) is 0.704. The molecule has 0 N–H and O–H groups in total. The van der Waals surface area contributed by atoms with Crippen molar-refractivity contribution in [2.24, 2.45) is 0 Å². The van der Waals surface area contributed by atoms with Crippen molar-refractivity contribution in [1.82, 2.24) is 10.2 Å². The zero-order valence-corrected chi connectivity index (χ0v) is 9.37. The molecule has 1 aromatic rings. The van der Waals surface area contributed by atoms with Crippen LogP contribution in [0.4, 0.5) is 5.13 Å². The number of aromatic nitrogens is 2. The van der Waals surface area contributed by atoms with E-state index >= 15 is 0 Å². The lowest BCUT2D eigenvalue weighted by molar-refractivity contribution is -0.141. The van der Waals surface area contributed by atoms with Crippen LogP contribution in [-0.2, 0) is 9.53 Å². The first kappa shape index (κ1) is 10.4. The number of ether oxygens (including phenoxy) is 1. The van der Waals surface area contributed by atoms with Gasteiger partial charge in [0.2, 0.25) is 5.13 Å². The molecular formula is C9H13N3O2S. The second-order valence-corrected chi connectivity index (χ2v) is 4.20. The van der Waals surface area contributed by atoms with Crippen LogP contribution in [0.3, 0.4) is 0 Å². The first-order valence-electron chi connectivity index (χ1n) is 4.99. The van der Waals surface area contributed by atoms with Gasteiger partial charge in [-0.25, -0.2) is 0 Å². The normalized spacial score (nSPS) is 15.0. The molecule has 0 atom stereocenters. The molecule has 0 spiro atoms. The molecule has 0 unspecified atom stereocenters. The molecule has 5 nitrogen and oxygen atoms in total. The van der Waals surface area contributed by atoms with Crippen molar-refractivity contribution in [3.8, 4) is 0 Å². The lowest BCUT2D eigenvalue weighted by Gasteiger charge is -2.19. The fourth-order valence-electron chi connectivity index (χ4n) is 1.38. The predicted octanol–water partition coefficient (Wildman–Crippen LogP) is 1.07. The molecule has 1 aliphatic rings. The highest BCUT2D eigenvalue weighted by Gasteiger charge is 2.32. The van der Waals surface area contributed by atoms with Crippen LogP contribution < -0.4 is 4.90 Å². The van der Waals surface area contributed by atoms with Gasteiger partial charge in [-0.15, -0.1) is 10.2 Å². The molecule has 0 bridgehead atoms. The lowest BCUT2D eigenvalue weighted by Crippen LogP contribution is -2.32. The molecule has 2 rings (SSSR count). The Kier molecular flexibility index (Phi) is 3.15. The van der Waals surface area contributed by atoms with Crippen LogP contribution in [0.1, 0.15) is 19.8 Å². The number of carbonyl (C=O) groups excluding carboxylic acids is 1. The molecule has 1 heterocycles. The maximum atomic E-state index is 11.4. The van der Waals surface area contributed by atoms with Crippen LogP contribution in [0.25, 0.3) is 0 Å². The minimum absolute atomic E-state index is 0.195. The average Bonchev–Trinajstić information content (AvgIpc) is 2.90. The van der Waals surface area contributed by atoms with Crippen LogP contribution in [-0.4, -0.2) is 35.4 Å². The smallest absolute Gasteiger partial charge is 0.325 e. The fraction of sp³-hybridized carbons (Fsp3) is 0.667. The van der Waals surface area contributed by atoms with Gasteiger partial charge in [-0.2, -0.15) is 0 Å². The van der Waals surface area contributed by atoms with Gasteiger partial charge in [-0.3, -0.25) is 4.79 Å². The monoisotopic (exact) mass is 227 g/mol. The van der Waals surface area contributed by atoms with Crippen LogP contribution in [0, 0.1) is 0 Å². The molecule has 0 aromatic carbocycles. The fourth-order valence-corrected chi connectivity index (χ4v) is 2.01. The molecule has 0 saturated heterocycles. The van der Waals surface area contributed by atoms with Crippen LogP contribution in [0.2, 0.25) is 0 Å². The predicted molar refractivity (Wildman–Crippen MR) is 56.9 cm³/mol. The second-order valence-electron chi connectivity index (χ2n) is 3.39. The molecule has 0 amide bonds. The number of anilines is 1. The summed E-state index contributed by atoms with van der Waals surface area (Å²) in [6.07, 6.45) is 2.25. The van der Waals surface area contributed by atoms with Crippen molar-refractivity contribution in [2.75, 3.05) is 18.1 Å². The van der Waals surface area contributed by atoms with E-state index in [9.17, 15) is 4.79 Å². The Morgan fingerprint density at radius 2 is 2.53 bits per heavy atom. The van der Waals surface area contributed by atoms with Crippen molar-refractivity contribution in [3.63, 3.8) is 0 Å². The summed E-state index contributed by atoms with van der Waals surface area (Å²) >= 11 is 1.46. The van der Waals surface area contributed by atoms with Gasteiger partial charge in [-0.05, 0) is 19.8 Å². The van der Waals surface area contributed by atoms with Crippen LogP contribution in [0.15, 0.2) is 5.51 Å². The highest BCUT2D eigenvalue weighted by Crippen LogP contribution is 2.31. The van der Waals surface area contributed by atoms with Crippen molar-refractivity contribution in [3.05, 3.63) is 5.51 Å². The first-order valence-corrected chi connectivity index (χ1v) is 5.87. The molecular weight excluding hydrogens is 214 g/mol. The first-order chi connectivity index (χ1) is 7.31. The topological polar surface area (TPSA) is 55.3 Å². The summed E-state index contributed by atoms with van der Waals surface area (Å²) in [6, 6.07) is 0.447. The summed E-state index contributed by atoms with van der Waals surface area (Å²) in [4.78, 5) is 13.4. The van der Waals surface area contributed by atoms with Crippen molar-refractivity contribution in [2.45, 2.75) is 25.8 Å². The number of hydrogen-bond donors (Lipinski definition) is 0. The maximum absolute atomic E-state index is 11.4. The molecule has 0 aliphatic heterocycles. The average molecular weight is 227 g/mol. The summed E-state index contributed by atoms with van der Waals surface area (Å²) in [5, 5.41) is 8.57. The van der Waals surface area contributed by atoms with E-state index in [1.807, 2.05) is 11.8 Å². The number of nitrogens with zero attached hydrogens (tertiary/aromatic N) is 3.